The Kier molecular flexibility index (Phi) is 6.68. The fourth-order valence-corrected chi connectivity index (χ4v) is 2.30. The van der Waals surface area contributed by atoms with Gasteiger partial charge in [0.2, 0.25) is 0 Å². The van der Waals surface area contributed by atoms with Gasteiger partial charge in [0.25, 0.3) is 0 Å². The normalized spacial score (nSPS) is 14.2. The number of aliphatic hydroxyl groups is 1. The maximum Gasteiger partial charge on any atom is 0.305 e. The molecule has 0 fully saturated rings. The first kappa shape index (κ1) is 16.7. The number of carbonyl (C=O) groups is 1. The van der Waals surface area contributed by atoms with E-state index in [-0.39, 0.29) is 6.42 Å². The van der Waals surface area contributed by atoms with Crippen molar-refractivity contribution < 1.29 is 15.0 Å². The number of carboxylic acids is 1. The third kappa shape index (κ3) is 5.31. The zero-order valence-electron chi connectivity index (χ0n) is 12.5. The van der Waals surface area contributed by atoms with E-state index in [1.165, 1.54) is 5.56 Å². The first-order chi connectivity index (χ1) is 9.43. The minimum atomic E-state index is -0.911. The average Bonchev–Trinajstić information content (AvgIpc) is 2.37. The van der Waals surface area contributed by atoms with Crippen molar-refractivity contribution in [1.82, 2.24) is 5.32 Å². The highest BCUT2D eigenvalue weighted by Gasteiger charge is 2.22. The average molecular weight is 279 g/mol. The molecular weight excluding hydrogens is 254 g/mol. The van der Waals surface area contributed by atoms with Gasteiger partial charge in [0.05, 0.1) is 12.5 Å². The van der Waals surface area contributed by atoms with Crippen LogP contribution in [0.25, 0.3) is 0 Å². The molecule has 112 valence electrons. The molecule has 3 N–H and O–H groups in total. The predicted molar refractivity (Wildman–Crippen MR) is 79.7 cm³/mol. The Hall–Kier alpha value is -1.39. The van der Waals surface area contributed by atoms with Crippen LogP contribution >= 0.6 is 0 Å². The summed E-state index contributed by atoms with van der Waals surface area (Å²) in [7, 11) is 0. The van der Waals surface area contributed by atoms with Crippen molar-refractivity contribution in [3.05, 3.63) is 35.4 Å². The highest BCUT2D eigenvalue weighted by Crippen LogP contribution is 2.20. The molecule has 0 aliphatic carbocycles. The van der Waals surface area contributed by atoms with E-state index in [4.69, 9.17) is 5.11 Å². The molecule has 0 aromatic heterocycles. The predicted octanol–water partition coefficient (Wildman–Crippen LogP) is 2.37. The summed E-state index contributed by atoms with van der Waals surface area (Å²) in [6.07, 6.45) is 0.101. The molecule has 2 atom stereocenters. The summed E-state index contributed by atoms with van der Waals surface area (Å²) in [6.45, 7) is 6.85. The largest absolute Gasteiger partial charge is 0.481 e. The lowest BCUT2D eigenvalue weighted by molar-refractivity contribution is -0.138. The second-order valence-corrected chi connectivity index (χ2v) is 5.55. The Balaban J connectivity index is 2.77. The van der Waals surface area contributed by atoms with Gasteiger partial charge in [-0.3, -0.25) is 4.79 Å². The molecule has 2 unspecified atom stereocenters. The minimum absolute atomic E-state index is 0.0945. The molecule has 1 aromatic rings. The lowest BCUT2D eigenvalue weighted by Gasteiger charge is -2.22. The van der Waals surface area contributed by atoms with Gasteiger partial charge < -0.3 is 15.5 Å². The van der Waals surface area contributed by atoms with Crippen LogP contribution in [0.4, 0.5) is 0 Å². The summed E-state index contributed by atoms with van der Waals surface area (Å²) in [5.41, 5.74) is 1.99. The molecule has 1 rings (SSSR count). The molecule has 4 nitrogen and oxygen atoms in total. The van der Waals surface area contributed by atoms with Gasteiger partial charge in [-0.1, -0.05) is 45.0 Å². The third-order valence-electron chi connectivity index (χ3n) is 3.21. The number of aliphatic carboxylic acids is 1. The Morgan fingerprint density at radius 3 is 2.30 bits per heavy atom. The van der Waals surface area contributed by atoms with E-state index in [1.54, 1.807) is 0 Å². The Morgan fingerprint density at radius 1 is 1.25 bits per heavy atom. The molecule has 0 saturated heterocycles. The van der Waals surface area contributed by atoms with Crippen LogP contribution in [0.15, 0.2) is 24.3 Å². The van der Waals surface area contributed by atoms with Crippen LogP contribution in [0.3, 0.4) is 0 Å². The second-order valence-electron chi connectivity index (χ2n) is 5.55. The van der Waals surface area contributed by atoms with Crippen molar-refractivity contribution in [2.75, 3.05) is 6.54 Å². The van der Waals surface area contributed by atoms with E-state index < -0.39 is 18.1 Å². The first-order valence-corrected chi connectivity index (χ1v) is 7.16. The lowest BCUT2D eigenvalue weighted by atomic mass is 9.96. The Labute approximate surface area is 120 Å². The topological polar surface area (TPSA) is 69.6 Å². The van der Waals surface area contributed by atoms with Crippen molar-refractivity contribution in [1.29, 1.82) is 0 Å². The van der Waals surface area contributed by atoms with Gasteiger partial charge in [-0.25, -0.2) is 0 Å². The summed E-state index contributed by atoms with van der Waals surface area (Å²) in [6, 6.07) is 7.31. The van der Waals surface area contributed by atoms with Crippen molar-refractivity contribution in [2.24, 2.45) is 5.92 Å². The molecule has 0 bridgehead atoms. The fourth-order valence-electron chi connectivity index (χ4n) is 2.30. The van der Waals surface area contributed by atoms with Crippen LogP contribution in [0.1, 0.15) is 44.4 Å². The Morgan fingerprint density at radius 2 is 1.85 bits per heavy atom. The van der Waals surface area contributed by atoms with Gasteiger partial charge >= 0.3 is 5.97 Å². The van der Waals surface area contributed by atoms with Gasteiger partial charge in [-0.05, 0) is 30.0 Å². The fraction of sp³-hybridized carbons (Fsp3) is 0.562. The number of carboxylic acid groups (broad SMARTS) is 1. The zero-order chi connectivity index (χ0) is 15.1. The highest BCUT2D eigenvalue weighted by molar-refractivity contribution is 5.67. The monoisotopic (exact) mass is 279 g/mol. The van der Waals surface area contributed by atoms with Crippen LogP contribution in [-0.4, -0.2) is 28.8 Å². The van der Waals surface area contributed by atoms with E-state index in [2.05, 4.69) is 19.2 Å². The smallest absolute Gasteiger partial charge is 0.305 e. The summed E-state index contributed by atoms with van der Waals surface area (Å²) in [5, 5.41) is 22.2. The molecule has 0 radical (unpaired) electrons. The lowest BCUT2D eigenvalue weighted by Crippen LogP contribution is -2.36. The third-order valence-corrected chi connectivity index (χ3v) is 3.21. The number of nitrogens with one attached hydrogen (secondary N) is 1. The van der Waals surface area contributed by atoms with Crippen molar-refractivity contribution in [2.45, 2.75) is 45.8 Å². The van der Waals surface area contributed by atoms with E-state index in [0.29, 0.717) is 12.5 Å². The zero-order valence-corrected chi connectivity index (χ0v) is 12.5. The van der Waals surface area contributed by atoms with E-state index in [9.17, 15) is 9.90 Å². The van der Waals surface area contributed by atoms with Crippen LogP contribution < -0.4 is 5.32 Å². The van der Waals surface area contributed by atoms with Gasteiger partial charge in [-0.2, -0.15) is 0 Å². The van der Waals surface area contributed by atoms with Crippen LogP contribution in [0, 0.1) is 5.92 Å². The number of hydrogen-bond acceptors (Lipinski definition) is 3. The molecule has 0 spiro atoms. The molecule has 0 aliphatic heterocycles. The number of aliphatic hydroxyl groups excluding tert-OH is 1. The summed E-state index contributed by atoms with van der Waals surface area (Å²) in [5.74, 6) is -0.321. The molecule has 1 aromatic carbocycles. The molecule has 0 heterocycles. The molecule has 4 heteroatoms. The summed E-state index contributed by atoms with van der Waals surface area (Å²) in [4.78, 5) is 10.8. The maximum atomic E-state index is 10.8. The summed E-state index contributed by atoms with van der Waals surface area (Å²) >= 11 is 0. The number of hydrogen-bond donors (Lipinski definition) is 3. The van der Waals surface area contributed by atoms with Crippen LogP contribution in [0.2, 0.25) is 0 Å². The van der Waals surface area contributed by atoms with Gasteiger partial charge in [0.15, 0.2) is 0 Å². The quantitative estimate of drug-likeness (QED) is 0.683. The molecule has 0 saturated carbocycles. The van der Waals surface area contributed by atoms with Gasteiger partial charge in [0, 0.05) is 6.04 Å². The number of likely N-dealkylation sites (N-methyl/N-ethyl adjacent to an activating group) is 1. The van der Waals surface area contributed by atoms with E-state index >= 15 is 0 Å². The number of benzene rings is 1. The van der Waals surface area contributed by atoms with Crippen LogP contribution in [-0.2, 0) is 11.2 Å². The van der Waals surface area contributed by atoms with E-state index in [0.717, 1.165) is 12.0 Å². The SMILES string of the molecule is CCNC(CC(=O)O)C(O)c1ccc(CC(C)C)cc1. The Bertz CT molecular complexity index is 414. The van der Waals surface area contributed by atoms with E-state index in [1.807, 2.05) is 31.2 Å². The van der Waals surface area contributed by atoms with Crippen molar-refractivity contribution in [3.8, 4) is 0 Å². The van der Waals surface area contributed by atoms with Crippen LogP contribution in [0.5, 0.6) is 0 Å². The standard InChI is InChI=1S/C16H25NO3/c1-4-17-14(10-15(18)19)16(20)13-7-5-12(6-8-13)9-11(2)3/h5-8,11,14,16-17,20H,4,9-10H2,1-3H3,(H,18,19). The molecule has 20 heavy (non-hydrogen) atoms. The molecular formula is C16H25NO3. The minimum Gasteiger partial charge on any atom is -0.481 e. The molecule has 0 aliphatic rings. The molecule has 0 amide bonds. The first-order valence-electron chi connectivity index (χ1n) is 7.16. The summed E-state index contributed by atoms with van der Waals surface area (Å²) < 4.78 is 0. The number of rotatable bonds is 8. The second kappa shape index (κ2) is 8.02. The van der Waals surface area contributed by atoms with Crippen molar-refractivity contribution in [3.63, 3.8) is 0 Å². The van der Waals surface area contributed by atoms with Crippen molar-refractivity contribution >= 4 is 5.97 Å². The van der Waals surface area contributed by atoms with Gasteiger partial charge in [0.1, 0.15) is 0 Å². The maximum absolute atomic E-state index is 10.8. The van der Waals surface area contributed by atoms with Gasteiger partial charge in [-0.15, -0.1) is 0 Å². The highest BCUT2D eigenvalue weighted by atomic mass is 16.4.